The van der Waals surface area contributed by atoms with Crippen molar-refractivity contribution in [3.8, 4) is 11.3 Å². The predicted molar refractivity (Wildman–Crippen MR) is 74.5 cm³/mol. The molecule has 1 heterocycles. The molecule has 0 fully saturated rings. The number of nitrogens with two attached hydrogens (primary N) is 1. The Morgan fingerprint density at radius 2 is 1.95 bits per heavy atom. The van der Waals surface area contributed by atoms with Gasteiger partial charge in [0.05, 0.1) is 0 Å². The monoisotopic (exact) mass is 275 g/mol. The molecule has 0 unspecified atom stereocenters. The first-order chi connectivity index (χ1) is 9.17. The molecule has 0 spiro atoms. The molecule has 0 amide bonds. The minimum atomic E-state index is -0.321. The highest BCUT2D eigenvalue weighted by Gasteiger charge is 2.09. The van der Waals surface area contributed by atoms with Gasteiger partial charge in [-0.3, -0.25) is 0 Å². The van der Waals surface area contributed by atoms with Crippen molar-refractivity contribution in [3.63, 3.8) is 0 Å². The van der Waals surface area contributed by atoms with Crippen LogP contribution in [0.5, 0.6) is 0 Å². The Balaban J connectivity index is 2.11. The number of furan rings is 1. The molecule has 0 aliphatic heterocycles. The Morgan fingerprint density at radius 3 is 2.68 bits per heavy atom. The molecular formula is C15H11ClFNO. The van der Waals surface area contributed by atoms with Crippen LogP contribution in [0.1, 0.15) is 5.56 Å². The van der Waals surface area contributed by atoms with E-state index in [2.05, 4.69) is 0 Å². The fraction of sp³-hybridized carbons (Fsp3) is 0.0667. The molecule has 0 aliphatic carbocycles. The third-order valence-corrected chi connectivity index (χ3v) is 3.27. The van der Waals surface area contributed by atoms with Crippen LogP contribution in [0.3, 0.4) is 0 Å². The maximum atomic E-state index is 13.7. The summed E-state index contributed by atoms with van der Waals surface area (Å²) < 4.78 is 19.4. The molecule has 3 rings (SSSR count). The van der Waals surface area contributed by atoms with Crippen LogP contribution in [0.4, 0.5) is 4.39 Å². The molecule has 0 saturated heterocycles. The lowest BCUT2D eigenvalue weighted by atomic mass is 10.1. The standard InChI is InChI=1S/C15H11ClFNO/c16-12-3-4-14-11(5-12)7-15(19-14)9-1-2-10(8-18)13(17)6-9/h1-7H,8,18H2. The first-order valence-electron chi connectivity index (χ1n) is 5.85. The summed E-state index contributed by atoms with van der Waals surface area (Å²) in [5.41, 5.74) is 7.34. The molecular weight excluding hydrogens is 265 g/mol. The Kier molecular flexibility index (Phi) is 3.01. The van der Waals surface area contributed by atoms with Gasteiger partial charge in [0.1, 0.15) is 17.2 Å². The van der Waals surface area contributed by atoms with E-state index in [0.717, 1.165) is 11.0 Å². The number of hydrogen-bond donors (Lipinski definition) is 1. The Bertz CT molecular complexity index is 751. The van der Waals surface area contributed by atoms with E-state index in [9.17, 15) is 4.39 Å². The zero-order valence-corrected chi connectivity index (χ0v) is 10.7. The second-order valence-electron chi connectivity index (χ2n) is 4.30. The zero-order valence-electron chi connectivity index (χ0n) is 9.99. The summed E-state index contributed by atoms with van der Waals surface area (Å²) >= 11 is 5.92. The minimum Gasteiger partial charge on any atom is -0.456 e. The minimum absolute atomic E-state index is 0.182. The average molecular weight is 276 g/mol. The topological polar surface area (TPSA) is 39.2 Å². The first-order valence-corrected chi connectivity index (χ1v) is 6.23. The molecule has 2 N–H and O–H groups in total. The smallest absolute Gasteiger partial charge is 0.135 e. The highest BCUT2D eigenvalue weighted by Crippen LogP contribution is 2.30. The van der Waals surface area contributed by atoms with Crippen LogP contribution in [0.2, 0.25) is 5.02 Å². The van der Waals surface area contributed by atoms with Crippen LogP contribution in [0.15, 0.2) is 46.9 Å². The molecule has 4 heteroatoms. The molecule has 1 aromatic heterocycles. The van der Waals surface area contributed by atoms with Gasteiger partial charge >= 0.3 is 0 Å². The summed E-state index contributed by atoms with van der Waals surface area (Å²) in [6, 6.07) is 12.1. The molecule has 0 radical (unpaired) electrons. The summed E-state index contributed by atoms with van der Waals surface area (Å²) in [6.45, 7) is 0.182. The normalized spacial score (nSPS) is 11.1. The molecule has 0 atom stereocenters. The van der Waals surface area contributed by atoms with Gasteiger partial charge in [-0.2, -0.15) is 0 Å². The summed E-state index contributed by atoms with van der Waals surface area (Å²) in [5, 5.41) is 1.54. The fourth-order valence-corrected chi connectivity index (χ4v) is 2.20. The van der Waals surface area contributed by atoms with E-state index in [1.807, 2.05) is 12.1 Å². The van der Waals surface area contributed by atoms with Gasteiger partial charge in [0.25, 0.3) is 0 Å². The molecule has 2 nitrogen and oxygen atoms in total. The van der Waals surface area contributed by atoms with Gasteiger partial charge in [-0.1, -0.05) is 23.7 Å². The van der Waals surface area contributed by atoms with Gasteiger partial charge in [0.2, 0.25) is 0 Å². The molecule has 19 heavy (non-hydrogen) atoms. The Hall–Kier alpha value is -1.84. The van der Waals surface area contributed by atoms with Crippen molar-refractivity contribution < 1.29 is 8.81 Å². The van der Waals surface area contributed by atoms with Crippen molar-refractivity contribution in [1.82, 2.24) is 0 Å². The van der Waals surface area contributed by atoms with Crippen LogP contribution in [-0.2, 0) is 6.54 Å². The van der Waals surface area contributed by atoms with Gasteiger partial charge in [-0.05, 0) is 30.3 Å². The quantitative estimate of drug-likeness (QED) is 0.755. The lowest BCUT2D eigenvalue weighted by Crippen LogP contribution is -1.99. The molecule has 0 saturated carbocycles. The SMILES string of the molecule is NCc1ccc(-c2cc3cc(Cl)ccc3o2)cc1F. The van der Waals surface area contributed by atoms with Gasteiger partial charge in [-0.15, -0.1) is 0 Å². The van der Waals surface area contributed by atoms with E-state index in [4.69, 9.17) is 21.8 Å². The molecule has 0 bridgehead atoms. The van der Waals surface area contributed by atoms with Crippen molar-refractivity contribution in [1.29, 1.82) is 0 Å². The van der Waals surface area contributed by atoms with E-state index < -0.39 is 0 Å². The number of fused-ring (bicyclic) bond motifs is 1. The highest BCUT2D eigenvalue weighted by molar-refractivity contribution is 6.31. The largest absolute Gasteiger partial charge is 0.456 e. The fourth-order valence-electron chi connectivity index (χ4n) is 2.02. The van der Waals surface area contributed by atoms with Crippen LogP contribution >= 0.6 is 11.6 Å². The second kappa shape index (κ2) is 4.68. The van der Waals surface area contributed by atoms with Crippen molar-refractivity contribution >= 4 is 22.6 Å². The van der Waals surface area contributed by atoms with Gasteiger partial charge in [-0.25, -0.2) is 4.39 Å². The first kappa shape index (κ1) is 12.2. The summed E-state index contributed by atoms with van der Waals surface area (Å²) in [7, 11) is 0. The third-order valence-electron chi connectivity index (χ3n) is 3.04. The molecule has 0 aliphatic rings. The lowest BCUT2D eigenvalue weighted by Gasteiger charge is -2.01. The van der Waals surface area contributed by atoms with Crippen molar-refractivity contribution in [3.05, 3.63) is 58.9 Å². The van der Waals surface area contributed by atoms with E-state index in [-0.39, 0.29) is 12.4 Å². The zero-order chi connectivity index (χ0) is 13.4. The van der Waals surface area contributed by atoms with E-state index in [0.29, 0.717) is 21.9 Å². The maximum absolute atomic E-state index is 13.7. The molecule has 2 aromatic carbocycles. The van der Waals surface area contributed by atoms with Crippen LogP contribution in [0, 0.1) is 5.82 Å². The van der Waals surface area contributed by atoms with Crippen molar-refractivity contribution in [2.75, 3.05) is 0 Å². The van der Waals surface area contributed by atoms with Gasteiger partial charge < -0.3 is 10.2 Å². The Labute approximate surface area is 114 Å². The van der Waals surface area contributed by atoms with E-state index in [1.54, 1.807) is 24.3 Å². The number of rotatable bonds is 2. The molecule has 3 aromatic rings. The van der Waals surface area contributed by atoms with Crippen molar-refractivity contribution in [2.45, 2.75) is 6.54 Å². The van der Waals surface area contributed by atoms with Gasteiger partial charge in [0.15, 0.2) is 0 Å². The predicted octanol–water partition coefficient (Wildman–Crippen LogP) is 4.35. The van der Waals surface area contributed by atoms with Crippen LogP contribution < -0.4 is 5.73 Å². The van der Waals surface area contributed by atoms with Crippen LogP contribution in [-0.4, -0.2) is 0 Å². The number of halogens is 2. The van der Waals surface area contributed by atoms with Gasteiger partial charge in [0, 0.05) is 28.1 Å². The van der Waals surface area contributed by atoms with Crippen LogP contribution in [0.25, 0.3) is 22.3 Å². The molecule has 96 valence electrons. The van der Waals surface area contributed by atoms with E-state index >= 15 is 0 Å². The third kappa shape index (κ3) is 2.23. The van der Waals surface area contributed by atoms with E-state index in [1.165, 1.54) is 6.07 Å². The number of hydrogen-bond acceptors (Lipinski definition) is 2. The summed E-state index contributed by atoms with van der Waals surface area (Å²) in [5.74, 6) is 0.290. The maximum Gasteiger partial charge on any atom is 0.135 e. The second-order valence-corrected chi connectivity index (χ2v) is 4.74. The Morgan fingerprint density at radius 1 is 1.11 bits per heavy atom. The average Bonchev–Trinajstić information content (AvgIpc) is 2.81. The highest BCUT2D eigenvalue weighted by atomic mass is 35.5. The summed E-state index contributed by atoms with van der Waals surface area (Å²) in [6.07, 6.45) is 0. The summed E-state index contributed by atoms with van der Waals surface area (Å²) in [4.78, 5) is 0. The number of benzene rings is 2. The lowest BCUT2D eigenvalue weighted by molar-refractivity contribution is 0.606. The van der Waals surface area contributed by atoms with Crippen molar-refractivity contribution in [2.24, 2.45) is 5.73 Å².